The molecule has 1 aromatic heterocycles. The smallest absolute Gasteiger partial charge is 0.244 e. The molecule has 0 spiro atoms. The summed E-state index contributed by atoms with van der Waals surface area (Å²) in [4.78, 5) is 4.25. The Morgan fingerprint density at radius 3 is 3.05 bits per heavy atom. The van der Waals surface area contributed by atoms with Crippen LogP contribution in [0.1, 0.15) is 12.8 Å². The molecule has 1 unspecified atom stereocenters. The molecule has 1 aromatic rings. The van der Waals surface area contributed by atoms with Gasteiger partial charge in [-0.2, -0.15) is 10.1 Å². The van der Waals surface area contributed by atoms with Gasteiger partial charge in [-0.1, -0.05) is 0 Å². The van der Waals surface area contributed by atoms with Crippen LogP contribution in [0.15, 0.2) is 6.20 Å². The highest BCUT2D eigenvalue weighted by Gasteiger charge is 2.27. The second-order valence-corrected chi connectivity index (χ2v) is 6.91. The van der Waals surface area contributed by atoms with Crippen LogP contribution in [0.2, 0.25) is 0 Å². The Hall–Kier alpha value is -1.48. The van der Waals surface area contributed by atoms with E-state index < -0.39 is 9.84 Å². The zero-order valence-corrected chi connectivity index (χ0v) is 12.2. The van der Waals surface area contributed by atoms with Gasteiger partial charge in [0.1, 0.15) is 0 Å². The molecule has 1 saturated heterocycles. The topological polar surface area (TPSA) is 106 Å². The molecular formula is C11H19N5O3S. The van der Waals surface area contributed by atoms with Crippen molar-refractivity contribution < 1.29 is 13.2 Å². The summed E-state index contributed by atoms with van der Waals surface area (Å²) in [7, 11) is -1.25. The van der Waals surface area contributed by atoms with E-state index >= 15 is 0 Å². The van der Waals surface area contributed by atoms with Crippen molar-refractivity contribution in [2.24, 2.45) is 0 Å². The van der Waals surface area contributed by atoms with Crippen molar-refractivity contribution in [2.75, 3.05) is 42.4 Å². The molecule has 2 heterocycles. The van der Waals surface area contributed by atoms with Crippen molar-refractivity contribution in [3.05, 3.63) is 6.20 Å². The van der Waals surface area contributed by atoms with E-state index in [1.165, 1.54) is 6.20 Å². The Kier molecular flexibility index (Phi) is 5.07. The standard InChI is InChI=1S/C11H19N5O3S/c1-19-5-2-4-12-11-15-10(7-13-16-11)14-9-3-6-20(17,18)8-9/h7,9H,2-6,8H2,1H3,(H2,12,14,15,16). The molecule has 1 aliphatic heterocycles. The van der Waals surface area contributed by atoms with Crippen LogP contribution in [0.4, 0.5) is 11.8 Å². The SMILES string of the molecule is COCCCNc1nncc(NC2CCS(=O)(=O)C2)n1. The molecule has 0 saturated carbocycles. The quantitative estimate of drug-likeness (QED) is 0.674. The van der Waals surface area contributed by atoms with E-state index in [4.69, 9.17) is 4.74 Å². The van der Waals surface area contributed by atoms with Gasteiger partial charge in [0.15, 0.2) is 15.7 Å². The number of hydrogen-bond acceptors (Lipinski definition) is 8. The minimum absolute atomic E-state index is 0.0990. The molecule has 1 fully saturated rings. The Morgan fingerprint density at radius 1 is 1.50 bits per heavy atom. The van der Waals surface area contributed by atoms with E-state index in [1.54, 1.807) is 7.11 Å². The van der Waals surface area contributed by atoms with Crippen molar-refractivity contribution in [1.29, 1.82) is 0 Å². The first-order valence-electron chi connectivity index (χ1n) is 6.48. The number of nitrogens with zero attached hydrogens (tertiary/aromatic N) is 3. The fourth-order valence-electron chi connectivity index (χ4n) is 1.98. The third kappa shape index (κ3) is 4.57. The second-order valence-electron chi connectivity index (χ2n) is 4.68. The maximum Gasteiger partial charge on any atom is 0.244 e. The lowest BCUT2D eigenvalue weighted by atomic mass is 10.3. The average molecular weight is 301 g/mol. The number of aromatic nitrogens is 3. The van der Waals surface area contributed by atoms with Gasteiger partial charge in [0.25, 0.3) is 0 Å². The first-order chi connectivity index (χ1) is 9.59. The van der Waals surface area contributed by atoms with Gasteiger partial charge < -0.3 is 15.4 Å². The first kappa shape index (κ1) is 14.9. The third-order valence-electron chi connectivity index (χ3n) is 2.95. The van der Waals surface area contributed by atoms with Crippen LogP contribution in [-0.4, -0.2) is 61.4 Å². The van der Waals surface area contributed by atoms with Gasteiger partial charge in [-0.3, -0.25) is 0 Å². The fraction of sp³-hybridized carbons (Fsp3) is 0.727. The largest absolute Gasteiger partial charge is 0.385 e. The van der Waals surface area contributed by atoms with Crippen LogP contribution in [0.25, 0.3) is 0 Å². The molecule has 0 amide bonds. The van der Waals surface area contributed by atoms with E-state index in [1.807, 2.05) is 0 Å². The van der Waals surface area contributed by atoms with Crippen LogP contribution in [0, 0.1) is 0 Å². The van der Waals surface area contributed by atoms with Crippen molar-refractivity contribution in [2.45, 2.75) is 18.9 Å². The highest BCUT2D eigenvalue weighted by Crippen LogP contribution is 2.16. The number of ether oxygens (including phenoxy) is 1. The van der Waals surface area contributed by atoms with E-state index in [9.17, 15) is 8.42 Å². The Bertz CT molecular complexity index is 537. The Balaban J connectivity index is 1.86. The van der Waals surface area contributed by atoms with Crippen LogP contribution in [0.5, 0.6) is 0 Å². The van der Waals surface area contributed by atoms with Crippen molar-refractivity contribution in [1.82, 2.24) is 15.2 Å². The van der Waals surface area contributed by atoms with Crippen molar-refractivity contribution in [3.63, 3.8) is 0 Å². The normalized spacial score (nSPS) is 20.8. The molecule has 8 nitrogen and oxygen atoms in total. The summed E-state index contributed by atoms with van der Waals surface area (Å²) in [6.45, 7) is 1.36. The monoisotopic (exact) mass is 301 g/mol. The molecule has 0 bridgehead atoms. The number of nitrogens with one attached hydrogen (secondary N) is 2. The molecular weight excluding hydrogens is 282 g/mol. The molecule has 112 valence electrons. The van der Waals surface area contributed by atoms with Gasteiger partial charge in [0, 0.05) is 26.3 Å². The number of methoxy groups -OCH3 is 1. The van der Waals surface area contributed by atoms with Crippen molar-refractivity contribution in [3.8, 4) is 0 Å². The molecule has 0 aromatic carbocycles. The fourth-order valence-corrected chi connectivity index (χ4v) is 3.66. The maximum absolute atomic E-state index is 11.4. The van der Waals surface area contributed by atoms with Crippen LogP contribution in [0.3, 0.4) is 0 Å². The number of rotatable bonds is 7. The minimum Gasteiger partial charge on any atom is -0.385 e. The summed E-state index contributed by atoms with van der Waals surface area (Å²) in [5.74, 6) is 1.34. The van der Waals surface area contributed by atoms with Crippen molar-refractivity contribution >= 4 is 21.6 Å². The van der Waals surface area contributed by atoms with Crippen LogP contribution in [-0.2, 0) is 14.6 Å². The van der Waals surface area contributed by atoms with E-state index in [0.29, 0.717) is 31.3 Å². The molecule has 0 aliphatic carbocycles. The lowest BCUT2D eigenvalue weighted by Crippen LogP contribution is -2.22. The van der Waals surface area contributed by atoms with Gasteiger partial charge in [-0.25, -0.2) is 8.42 Å². The van der Waals surface area contributed by atoms with Gasteiger partial charge in [0.05, 0.1) is 17.7 Å². The minimum atomic E-state index is -2.90. The first-order valence-corrected chi connectivity index (χ1v) is 8.31. The van der Waals surface area contributed by atoms with E-state index in [-0.39, 0.29) is 17.5 Å². The van der Waals surface area contributed by atoms with Gasteiger partial charge >= 0.3 is 0 Å². The molecule has 9 heteroatoms. The molecule has 0 radical (unpaired) electrons. The molecule has 1 aliphatic rings. The number of sulfone groups is 1. The summed E-state index contributed by atoms with van der Waals surface area (Å²) >= 11 is 0. The van der Waals surface area contributed by atoms with Crippen LogP contribution >= 0.6 is 0 Å². The van der Waals surface area contributed by atoms with Crippen LogP contribution < -0.4 is 10.6 Å². The predicted octanol–water partition coefficient (Wildman–Crippen LogP) is -0.0810. The van der Waals surface area contributed by atoms with E-state index in [0.717, 1.165) is 6.42 Å². The molecule has 2 rings (SSSR count). The Morgan fingerprint density at radius 2 is 2.35 bits per heavy atom. The highest BCUT2D eigenvalue weighted by atomic mass is 32.2. The molecule has 20 heavy (non-hydrogen) atoms. The summed E-state index contributed by atoms with van der Waals surface area (Å²) in [5.41, 5.74) is 0. The van der Waals surface area contributed by atoms with E-state index in [2.05, 4.69) is 25.8 Å². The van der Waals surface area contributed by atoms with Gasteiger partial charge in [-0.15, -0.1) is 5.10 Å². The van der Waals surface area contributed by atoms with Gasteiger partial charge in [-0.05, 0) is 12.8 Å². The zero-order chi connectivity index (χ0) is 14.4. The number of hydrogen-bond donors (Lipinski definition) is 2. The summed E-state index contributed by atoms with van der Waals surface area (Å²) in [5, 5.41) is 13.8. The summed E-state index contributed by atoms with van der Waals surface area (Å²) in [6.07, 6.45) is 2.94. The summed E-state index contributed by atoms with van der Waals surface area (Å²) < 4.78 is 27.7. The summed E-state index contributed by atoms with van der Waals surface area (Å²) in [6, 6.07) is -0.0990. The second kappa shape index (κ2) is 6.80. The lowest BCUT2D eigenvalue weighted by molar-refractivity contribution is 0.197. The lowest BCUT2D eigenvalue weighted by Gasteiger charge is -2.11. The molecule has 1 atom stereocenters. The number of anilines is 2. The highest BCUT2D eigenvalue weighted by molar-refractivity contribution is 7.91. The predicted molar refractivity (Wildman–Crippen MR) is 75.5 cm³/mol. The average Bonchev–Trinajstić information content (AvgIpc) is 2.74. The Labute approximate surface area is 118 Å². The molecule has 2 N–H and O–H groups in total. The van der Waals surface area contributed by atoms with Gasteiger partial charge in [0.2, 0.25) is 5.95 Å². The third-order valence-corrected chi connectivity index (χ3v) is 4.72. The zero-order valence-electron chi connectivity index (χ0n) is 11.4. The maximum atomic E-state index is 11.4.